The second-order valence-electron chi connectivity index (χ2n) is 4.77. The van der Waals surface area contributed by atoms with Crippen molar-refractivity contribution in [3.63, 3.8) is 0 Å². The van der Waals surface area contributed by atoms with Gasteiger partial charge in [-0.3, -0.25) is 0 Å². The van der Waals surface area contributed by atoms with E-state index in [1.165, 1.54) is 10.3 Å². The van der Waals surface area contributed by atoms with Crippen molar-refractivity contribution in [2.24, 2.45) is 0 Å². The molecule has 3 nitrogen and oxygen atoms in total. The van der Waals surface area contributed by atoms with Crippen LogP contribution in [0.15, 0.2) is 46.9 Å². The summed E-state index contributed by atoms with van der Waals surface area (Å²) in [6, 6.07) is 14.4. The number of thiazole rings is 1. The lowest BCUT2D eigenvalue weighted by molar-refractivity contribution is 0.414. The lowest BCUT2D eigenvalue weighted by atomic mass is 10.1. The quantitative estimate of drug-likeness (QED) is 0.688. The summed E-state index contributed by atoms with van der Waals surface area (Å²) in [4.78, 5) is 4.61. The first-order chi connectivity index (χ1) is 10.2. The molecule has 0 saturated heterocycles. The Morgan fingerprint density at radius 1 is 1.19 bits per heavy atom. The van der Waals surface area contributed by atoms with E-state index in [1.807, 2.05) is 24.3 Å². The first kappa shape index (κ1) is 14.4. The minimum Gasteiger partial charge on any atom is -0.497 e. The molecule has 1 atom stereocenters. The summed E-state index contributed by atoms with van der Waals surface area (Å²) >= 11 is 5.15. The molecule has 0 radical (unpaired) electrons. The number of anilines is 1. The molecule has 1 aromatic heterocycles. The van der Waals surface area contributed by atoms with Crippen molar-refractivity contribution in [2.45, 2.75) is 13.0 Å². The Labute approximate surface area is 136 Å². The molecule has 1 unspecified atom stereocenters. The van der Waals surface area contributed by atoms with Gasteiger partial charge in [-0.25, -0.2) is 4.98 Å². The third-order valence-corrected chi connectivity index (χ3v) is 4.75. The van der Waals surface area contributed by atoms with Gasteiger partial charge in [0, 0.05) is 4.47 Å². The molecule has 0 fully saturated rings. The number of halogens is 1. The monoisotopic (exact) mass is 362 g/mol. The highest BCUT2D eigenvalue weighted by atomic mass is 79.9. The molecule has 0 amide bonds. The van der Waals surface area contributed by atoms with Crippen LogP contribution in [-0.2, 0) is 0 Å². The molecule has 0 spiro atoms. The van der Waals surface area contributed by atoms with Crippen LogP contribution in [0.25, 0.3) is 10.2 Å². The molecule has 5 heteroatoms. The Kier molecular flexibility index (Phi) is 4.12. The van der Waals surface area contributed by atoms with E-state index in [4.69, 9.17) is 4.74 Å². The Hall–Kier alpha value is -1.59. The number of fused-ring (bicyclic) bond motifs is 1. The third-order valence-electron chi connectivity index (χ3n) is 3.31. The highest BCUT2D eigenvalue weighted by molar-refractivity contribution is 9.10. The molecule has 0 saturated carbocycles. The van der Waals surface area contributed by atoms with Gasteiger partial charge < -0.3 is 10.1 Å². The fourth-order valence-electron chi connectivity index (χ4n) is 2.12. The minimum atomic E-state index is 0.194. The maximum absolute atomic E-state index is 5.18. The van der Waals surface area contributed by atoms with Gasteiger partial charge in [0.1, 0.15) is 5.75 Å². The topological polar surface area (TPSA) is 34.1 Å². The van der Waals surface area contributed by atoms with Crippen molar-refractivity contribution in [3.8, 4) is 5.75 Å². The summed E-state index contributed by atoms with van der Waals surface area (Å²) in [7, 11) is 1.68. The number of nitrogens with zero attached hydrogens (tertiary/aromatic N) is 1. The van der Waals surface area contributed by atoms with E-state index in [0.717, 1.165) is 20.9 Å². The fraction of sp³-hybridized carbons (Fsp3) is 0.188. The van der Waals surface area contributed by atoms with E-state index >= 15 is 0 Å². The van der Waals surface area contributed by atoms with Gasteiger partial charge in [-0.1, -0.05) is 39.4 Å². The molecular weight excluding hydrogens is 348 g/mol. The van der Waals surface area contributed by atoms with Crippen LogP contribution in [0.1, 0.15) is 18.5 Å². The summed E-state index contributed by atoms with van der Waals surface area (Å²) < 4.78 is 7.44. The molecular formula is C16H15BrN2OS. The fourth-order valence-corrected chi connectivity index (χ4v) is 3.63. The zero-order chi connectivity index (χ0) is 14.8. The molecule has 3 aromatic rings. The van der Waals surface area contributed by atoms with E-state index in [1.54, 1.807) is 18.4 Å². The third kappa shape index (κ3) is 3.19. The summed E-state index contributed by atoms with van der Waals surface area (Å²) in [5.41, 5.74) is 2.23. The van der Waals surface area contributed by atoms with Gasteiger partial charge in [0.2, 0.25) is 0 Å². The van der Waals surface area contributed by atoms with E-state index in [0.29, 0.717) is 0 Å². The highest BCUT2D eigenvalue weighted by Crippen LogP contribution is 2.30. The average molecular weight is 363 g/mol. The SMILES string of the molecule is COc1ccc(C(C)Nc2nc3ccc(Br)cc3s2)cc1. The summed E-state index contributed by atoms with van der Waals surface area (Å²) in [5, 5.41) is 4.39. The Bertz CT molecular complexity index is 755. The first-order valence-electron chi connectivity index (χ1n) is 6.62. The van der Waals surface area contributed by atoms with Crippen molar-refractivity contribution >= 4 is 42.6 Å². The minimum absolute atomic E-state index is 0.194. The molecule has 0 bridgehead atoms. The van der Waals surface area contributed by atoms with Gasteiger partial charge in [-0.05, 0) is 42.8 Å². The first-order valence-corrected chi connectivity index (χ1v) is 8.23. The number of rotatable bonds is 4. The Morgan fingerprint density at radius 2 is 1.95 bits per heavy atom. The number of ether oxygens (including phenoxy) is 1. The van der Waals surface area contributed by atoms with Crippen LogP contribution in [0.5, 0.6) is 5.75 Å². The van der Waals surface area contributed by atoms with Gasteiger partial charge in [0.15, 0.2) is 5.13 Å². The normalized spacial score (nSPS) is 12.3. The zero-order valence-electron chi connectivity index (χ0n) is 11.8. The predicted molar refractivity (Wildman–Crippen MR) is 92.4 cm³/mol. The van der Waals surface area contributed by atoms with Crippen LogP contribution >= 0.6 is 27.3 Å². The molecule has 2 aromatic carbocycles. The molecule has 1 heterocycles. The van der Waals surface area contributed by atoms with Crippen LogP contribution in [0, 0.1) is 0 Å². The van der Waals surface area contributed by atoms with E-state index < -0.39 is 0 Å². The molecule has 3 rings (SSSR count). The Morgan fingerprint density at radius 3 is 2.67 bits per heavy atom. The average Bonchev–Trinajstić information content (AvgIpc) is 2.88. The van der Waals surface area contributed by atoms with Crippen molar-refractivity contribution in [1.82, 2.24) is 4.98 Å². The second-order valence-corrected chi connectivity index (χ2v) is 6.72. The van der Waals surface area contributed by atoms with E-state index in [-0.39, 0.29) is 6.04 Å². The molecule has 108 valence electrons. The van der Waals surface area contributed by atoms with Gasteiger partial charge >= 0.3 is 0 Å². The molecule has 0 aliphatic heterocycles. The second kappa shape index (κ2) is 6.03. The van der Waals surface area contributed by atoms with Gasteiger partial charge in [-0.15, -0.1) is 0 Å². The number of benzene rings is 2. The molecule has 0 aliphatic rings. The number of nitrogens with one attached hydrogen (secondary N) is 1. The smallest absolute Gasteiger partial charge is 0.184 e. The van der Waals surface area contributed by atoms with Crippen LogP contribution < -0.4 is 10.1 Å². The molecule has 1 N–H and O–H groups in total. The maximum atomic E-state index is 5.18. The van der Waals surface area contributed by atoms with Crippen LogP contribution in [0.3, 0.4) is 0 Å². The zero-order valence-corrected chi connectivity index (χ0v) is 14.2. The summed E-state index contributed by atoms with van der Waals surface area (Å²) in [6.07, 6.45) is 0. The lowest BCUT2D eigenvalue weighted by Gasteiger charge is -2.13. The van der Waals surface area contributed by atoms with Crippen molar-refractivity contribution < 1.29 is 4.74 Å². The lowest BCUT2D eigenvalue weighted by Crippen LogP contribution is -2.06. The van der Waals surface area contributed by atoms with Gasteiger partial charge in [0.25, 0.3) is 0 Å². The summed E-state index contributed by atoms with van der Waals surface area (Å²) in [6.45, 7) is 2.13. The largest absolute Gasteiger partial charge is 0.497 e. The number of aromatic nitrogens is 1. The summed E-state index contributed by atoms with van der Waals surface area (Å²) in [5.74, 6) is 0.871. The maximum Gasteiger partial charge on any atom is 0.184 e. The van der Waals surface area contributed by atoms with Crippen LogP contribution in [-0.4, -0.2) is 12.1 Å². The van der Waals surface area contributed by atoms with Gasteiger partial charge in [0.05, 0.1) is 23.4 Å². The van der Waals surface area contributed by atoms with Crippen LogP contribution in [0.4, 0.5) is 5.13 Å². The molecule has 21 heavy (non-hydrogen) atoms. The number of hydrogen-bond donors (Lipinski definition) is 1. The standard InChI is InChI=1S/C16H15BrN2OS/c1-10(11-3-6-13(20-2)7-4-11)18-16-19-14-8-5-12(17)9-15(14)21-16/h3-10H,1-2H3,(H,18,19). The van der Waals surface area contributed by atoms with E-state index in [9.17, 15) is 0 Å². The van der Waals surface area contributed by atoms with E-state index in [2.05, 4.69) is 51.4 Å². The van der Waals surface area contributed by atoms with Crippen molar-refractivity contribution in [3.05, 3.63) is 52.5 Å². The van der Waals surface area contributed by atoms with Gasteiger partial charge in [-0.2, -0.15) is 0 Å². The van der Waals surface area contributed by atoms with Crippen LogP contribution in [0.2, 0.25) is 0 Å². The van der Waals surface area contributed by atoms with Crippen molar-refractivity contribution in [2.75, 3.05) is 12.4 Å². The number of methoxy groups -OCH3 is 1. The predicted octanol–water partition coefficient (Wildman–Crippen LogP) is 5.24. The Balaban J connectivity index is 1.79. The molecule has 0 aliphatic carbocycles. The highest BCUT2D eigenvalue weighted by Gasteiger charge is 2.09. The number of hydrogen-bond acceptors (Lipinski definition) is 4. The van der Waals surface area contributed by atoms with Crippen molar-refractivity contribution in [1.29, 1.82) is 0 Å².